The Hall–Kier alpha value is -2.12. The van der Waals surface area contributed by atoms with Crippen LogP contribution in [0.25, 0.3) is 0 Å². The van der Waals surface area contributed by atoms with Gasteiger partial charge in [0.1, 0.15) is 12.2 Å². The summed E-state index contributed by atoms with van der Waals surface area (Å²) in [5.41, 5.74) is 0. The molecule has 2 N–H and O–H groups in total. The largest absolute Gasteiger partial charge is 0.464 e. The van der Waals surface area contributed by atoms with Crippen molar-refractivity contribution in [2.45, 2.75) is 84.1 Å². The topological polar surface area (TPSA) is 111 Å². The fraction of sp³-hybridized carbons (Fsp3) is 0.789. The van der Waals surface area contributed by atoms with E-state index in [0.717, 1.165) is 51.3 Å². The van der Waals surface area contributed by atoms with Crippen molar-refractivity contribution in [3.8, 4) is 0 Å². The molecule has 2 rings (SSSR count). The summed E-state index contributed by atoms with van der Waals surface area (Å²) >= 11 is 0. The van der Waals surface area contributed by atoms with Crippen molar-refractivity contribution in [2.75, 3.05) is 0 Å². The summed E-state index contributed by atoms with van der Waals surface area (Å²) < 4.78 is 9.85. The highest BCUT2D eigenvalue weighted by Crippen LogP contribution is 2.26. The number of ether oxygens (including phenoxy) is 2. The Kier molecular flexibility index (Phi) is 12.9. The van der Waals surface area contributed by atoms with Crippen LogP contribution in [-0.4, -0.2) is 50.1 Å². The molecule has 0 aliphatic heterocycles. The predicted octanol–water partition coefficient (Wildman–Crippen LogP) is 1.56. The maximum absolute atomic E-state index is 10.2. The van der Waals surface area contributed by atoms with E-state index >= 15 is 0 Å². The van der Waals surface area contributed by atoms with Gasteiger partial charge in [0.05, 0.1) is 0 Å². The van der Waals surface area contributed by atoms with E-state index in [2.05, 4.69) is 10.6 Å². The first-order chi connectivity index (χ1) is 12.5. The van der Waals surface area contributed by atoms with E-state index in [1.807, 2.05) is 13.8 Å². The van der Waals surface area contributed by atoms with Crippen LogP contribution >= 0.6 is 0 Å². The van der Waals surface area contributed by atoms with Crippen LogP contribution in [0.15, 0.2) is 0 Å². The van der Waals surface area contributed by atoms with Crippen LogP contribution in [0.2, 0.25) is 0 Å². The molecular weight excluding hydrogens is 352 g/mol. The predicted molar refractivity (Wildman–Crippen MR) is 101 cm³/mol. The van der Waals surface area contributed by atoms with Crippen molar-refractivity contribution >= 4 is 25.8 Å². The Bertz CT molecular complexity index is 408. The van der Waals surface area contributed by atoms with E-state index in [-0.39, 0.29) is 31.7 Å². The van der Waals surface area contributed by atoms with E-state index in [1.165, 1.54) is 0 Å². The molecule has 0 unspecified atom stereocenters. The Balaban J connectivity index is 0.000000483. The molecule has 0 spiro atoms. The summed E-state index contributed by atoms with van der Waals surface area (Å²) in [5.74, 6) is 0.660. The first kappa shape index (κ1) is 24.9. The molecule has 0 bridgehead atoms. The minimum Gasteiger partial charge on any atom is -0.464 e. The molecule has 2 saturated carbocycles. The number of carbonyl (C=O) groups excluding carboxylic acids is 4. The Labute approximate surface area is 161 Å². The van der Waals surface area contributed by atoms with Gasteiger partial charge in [0.2, 0.25) is 12.8 Å². The van der Waals surface area contributed by atoms with Crippen molar-refractivity contribution < 1.29 is 28.7 Å². The van der Waals surface area contributed by atoms with Crippen LogP contribution in [0.5, 0.6) is 0 Å². The van der Waals surface area contributed by atoms with Gasteiger partial charge in [-0.15, -0.1) is 0 Å². The lowest BCUT2D eigenvalue weighted by molar-refractivity contribution is -0.138. The van der Waals surface area contributed by atoms with Crippen LogP contribution in [-0.2, 0) is 28.7 Å². The molecule has 0 heterocycles. The number of hydrogen-bond acceptors (Lipinski definition) is 6. The quantitative estimate of drug-likeness (QED) is 0.613. The fourth-order valence-corrected chi connectivity index (χ4v) is 3.78. The molecule has 0 aromatic rings. The van der Waals surface area contributed by atoms with Crippen molar-refractivity contribution in [1.29, 1.82) is 0 Å². The number of hydrogen-bond donors (Lipinski definition) is 2. The molecule has 2 aliphatic carbocycles. The summed E-state index contributed by atoms with van der Waals surface area (Å²) in [5, 5.41) is 5.51. The minimum absolute atomic E-state index is 0. The van der Waals surface area contributed by atoms with Crippen molar-refractivity contribution in [2.24, 2.45) is 11.8 Å². The number of nitrogens with one attached hydrogen (secondary N) is 2. The zero-order chi connectivity index (χ0) is 19.4. The maximum Gasteiger partial charge on any atom is 0.293 e. The molecule has 8 heteroatoms. The lowest BCUT2D eigenvalue weighted by Crippen LogP contribution is -2.39. The highest BCUT2D eigenvalue weighted by atomic mass is 16.5. The normalized spacial score (nSPS) is 32.2. The van der Waals surface area contributed by atoms with E-state index in [4.69, 9.17) is 9.47 Å². The first-order valence-electron chi connectivity index (χ1n) is 9.13. The molecule has 0 saturated heterocycles. The van der Waals surface area contributed by atoms with E-state index in [0.29, 0.717) is 24.8 Å². The zero-order valence-electron chi connectivity index (χ0n) is 15.5. The summed E-state index contributed by atoms with van der Waals surface area (Å²) in [4.78, 5) is 40.6. The van der Waals surface area contributed by atoms with E-state index < -0.39 is 0 Å². The molecule has 8 nitrogen and oxygen atoms in total. The van der Waals surface area contributed by atoms with Gasteiger partial charge in [0.25, 0.3) is 12.9 Å². The molecule has 2 aliphatic rings. The third-order valence-electron chi connectivity index (χ3n) is 5.25. The van der Waals surface area contributed by atoms with Crippen molar-refractivity contribution in [3.63, 3.8) is 0 Å². The van der Waals surface area contributed by atoms with E-state index in [1.54, 1.807) is 0 Å². The average Bonchev–Trinajstić information content (AvgIpc) is 2.61. The van der Waals surface area contributed by atoms with Gasteiger partial charge in [-0.05, 0) is 50.4 Å². The van der Waals surface area contributed by atoms with Crippen LogP contribution in [0.4, 0.5) is 0 Å². The van der Waals surface area contributed by atoms with Crippen molar-refractivity contribution in [3.05, 3.63) is 0 Å². The molecular formula is C19H34N2O6. The lowest BCUT2D eigenvalue weighted by atomic mass is 9.84. The second-order valence-corrected chi connectivity index (χ2v) is 7.09. The van der Waals surface area contributed by atoms with Crippen LogP contribution in [0.3, 0.4) is 0 Å². The monoisotopic (exact) mass is 386 g/mol. The third kappa shape index (κ3) is 8.88. The second-order valence-electron chi connectivity index (χ2n) is 7.09. The summed E-state index contributed by atoms with van der Waals surface area (Å²) in [7, 11) is 0. The fourth-order valence-electron chi connectivity index (χ4n) is 3.78. The summed E-state index contributed by atoms with van der Waals surface area (Å²) in [6.07, 6.45) is 6.76. The smallest absolute Gasteiger partial charge is 0.293 e. The van der Waals surface area contributed by atoms with Gasteiger partial charge in [-0.3, -0.25) is 19.2 Å². The van der Waals surface area contributed by atoms with Crippen LogP contribution < -0.4 is 10.6 Å². The molecule has 27 heavy (non-hydrogen) atoms. The summed E-state index contributed by atoms with van der Waals surface area (Å²) in [6.45, 7) is 5.09. The van der Waals surface area contributed by atoms with Gasteiger partial charge in [0, 0.05) is 12.1 Å². The lowest BCUT2D eigenvalue weighted by Gasteiger charge is -2.32. The highest BCUT2D eigenvalue weighted by Gasteiger charge is 2.29. The minimum atomic E-state index is 0. The van der Waals surface area contributed by atoms with Gasteiger partial charge in [-0.1, -0.05) is 21.3 Å². The van der Waals surface area contributed by atoms with Gasteiger partial charge >= 0.3 is 0 Å². The molecule has 6 atom stereocenters. The first-order valence-corrected chi connectivity index (χ1v) is 9.13. The summed E-state index contributed by atoms with van der Waals surface area (Å²) in [6, 6.07) is 0.498. The van der Waals surface area contributed by atoms with Crippen LogP contribution in [0.1, 0.15) is 59.8 Å². The molecule has 0 aromatic heterocycles. The Morgan fingerprint density at radius 3 is 1.33 bits per heavy atom. The SMILES string of the molecule is C.C[C@@H]1C[C@@H](NC=O)CC[C@H]1OC=O.C[C@H]1C[C@H](NC=O)CC[C@@H]1OC=O. The molecule has 156 valence electrons. The molecule has 2 fully saturated rings. The highest BCUT2D eigenvalue weighted by molar-refractivity contribution is 5.47. The molecule has 2 amide bonds. The number of rotatable bonds is 8. The van der Waals surface area contributed by atoms with Gasteiger partial charge in [0.15, 0.2) is 0 Å². The molecule has 0 radical (unpaired) electrons. The standard InChI is InChI=1S/2C9H15NO3.CH4/c2*1-7-4-8(10-5-11)2-3-9(7)13-6-12;/h2*5-9H,2-4H2,1H3,(H,10,11);1H4/t2*7-,8+,9-;/m10./s1. The maximum atomic E-state index is 10.2. The Morgan fingerprint density at radius 1 is 0.704 bits per heavy atom. The molecule has 0 aromatic carbocycles. The second kappa shape index (κ2) is 14.0. The number of carbonyl (C=O) groups is 4. The average molecular weight is 386 g/mol. The van der Waals surface area contributed by atoms with Gasteiger partial charge in [-0.25, -0.2) is 0 Å². The Morgan fingerprint density at radius 2 is 1.07 bits per heavy atom. The third-order valence-corrected chi connectivity index (χ3v) is 5.25. The zero-order valence-corrected chi connectivity index (χ0v) is 15.5. The number of amides is 2. The van der Waals surface area contributed by atoms with Gasteiger partial charge in [-0.2, -0.15) is 0 Å². The van der Waals surface area contributed by atoms with E-state index in [9.17, 15) is 19.2 Å². The van der Waals surface area contributed by atoms with Crippen LogP contribution in [0, 0.1) is 11.8 Å². The van der Waals surface area contributed by atoms with Crippen molar-refractivity contribution in [1.82, 2.24) is 10.6 Å². The van der Waals surface area contributed by atoms with Gasteiger partial charge < -0.3 is 20.1 Å².